The molecule has 8 heteroatoms. The minimum Gasteiger partial charge on any atom is -0.480 e. The molecule has 8 nitrogen and oxygen atoms in total. The Labute approximate surface area is 127 Å². The summed E-state index contributed by atoms with van der Waals surface area (Å²) in [7, 11) is 0. The Morgan fingerprint density at radius 2 is 1.77 bits per heavy atom. The van der Waals surface area contributed by atoms with Gasteiger partial charge in [0.1, 0.15) is 6.54 Å². The first-order chi connectivity index (χ1) is 10.6. The van der Waals surface area contributed by atoms with Crippen molar-refractivity contribution in [3.63, 3.8) is 0 Å². The summed E-state index contributed by atoms with van der Waals surface area (Å²) in [5.74, 6) is -1.95. The van der Waals surface area contributed by atoms with E-state index >= 15 is 0 Å². The van der Waals surface area contributed by atoms with Crippen LogP contribution in [0, 0.1) is 0 Å². The molecule has 0 aromatic heterocycles. The number of carbonyl (C=O) groups is 3. The first-order valence-corrected chi connectivity index (χ1v) is 6.93. The van der Waals surface area contributed by atoms with Crippen LogP contribution in [0.5, 0.6) is 0 Å². The van der Waals surface area contributed by atoms with Gasteiger partial charge in [0.15, 0.2) is 0 Å². The third-order valence-electron chi connectivity index (χ3n) is 3.16. The van der Waals surface area contributed by atoms with Gasteiger partial charge >= 0.3 is 5.97 Å². The second-order valence-corrected chi connectivity index (χ2v) is 4.84. The van der Waals surface area contributed by atoms with Crippen molar-refractivity contribution >= 4 is 17.8 Å². The van der Waals surface area contributed by atoms with E-state index in [0.717, 1.165) is 13.1 Å². The Kier molecular flexibility index (Phi) is 5.45. The van der Waals surface area contributed by atoms with Crippen molar-refractivity contribution in [3.05, 3.63) is 35.4 Å². The average Bonchev–Trinajstić information content (AvgIpc) is 2.53. The number of carboxylic acid groups (broad SMARTS) is 1. The average molecular weight is 306 g/mol. The molecule has 1 aromatic rings. The highest BCUT2D eigenvalue weighted by Gasteiger charge is 2.15. The van der Waals surface area contributed by atoms with E-state index in [-0.39, 0.29) is 11.5 Å². The van der Waals surface area contributed by atoms with Gasteiger partial charge in [-0.25, -0.2) is 5.01 Å². The van der Waals surface area contributed by atoms with Crippen LogP contribution in [0.3, 0.4) is 0 Å². The fourth-order valence-electron chi connectivity index (χ4n) is 2.04. The molecule has 0 unspecified atom stereocenters. The number of rotatable bonds is 5. The zero-order valence-electron chi connectivity index (χ0n) is 12.0. The molecule has 0 bridgehead atoms. The summed E-state index contributed by atoms with van der Waals surface area (Å²) in [4.78, 5) is 34.4. The number of nitrogens with one attached hydrogen (secondary N) is 3. The number of hydrogen-bond acceptors (Lipinski definition) is 5. The van der Waals surface area contributed by atoms with Crippen LogP contribution in [-0.2, 0) is 4.79 Å². The van der Waals surface area contributed by atoms with E-state index in [0.29, 0.717) is 18.7 Å². The number of aliphatic carboxylic acids is 1. The number of amides is 2. The molecule has 22 heavy (non-hydrogen) atoms. The Hall–Kier alpha value is -2.45. The van der Waals surface area contributed by atoms with Gasteiger partial charge in [-0.3, -0.25) is 19.8 Å². The fourth-order valence-corrected chi connectivity index (χ4v) is 2.04. The van der Waals surface area contributed by atoms with Gasteiger partial charge in [0.05, 0.1) is 0 Å². The number of piperazine rings is 1. The van der Waals surface area contributed by atoms with Gasteiger partial charge in [0, 0.05) is 37.3 Å². The summed E-state index contributed by atoms with van der Waals surface area (Å²) in [6, 6.07) is 6.15. The lowest BCUT2D eigenvalue weighted by Gasteiger charge is -2.27. The molecule has 0 atom stereocenters. The monoisotopic (exact) mass is 306 g/mol. The van der Waals surface area contributed by atoms with Gasteiger partial charge in [-0.1, -0.05) is 6.07 Å². The van der Waals surface area contributed by atoms with Crippen LogP contribution in [0.15, 0.2) is 24.3 Å². The van der Waals surface area contributed by atoms with E-state index in [1.165, 1.54) is 12.1 Å². The minimum atomic E-state index is -1.12. The highest BCUT2D eigenvalue weighted by Crippen LogP contribution is 2.06. The van der Waals surface area contributed by atoms with E-state index in [9.17, 15) is 14.4 Å². The van der Waals surface area contributed by atoms with Crippen molar-refractivity contribution in [2.45, 2.75) is 0 Å². The van der Waals surface area contributed by atoms with Crippen molar-refractivity contribution in [1.82, 2.24) is 21.1 Å². The third kappa shape index (κ3) is 4.54. The highest BCUT2D eigenvalue weighted by atomic mass is 16.4. The summed E-state index contributed by atoms with van der Waals surface area (Å²) >= 11 is 0. The zero-order chi connectivity index (χ0) is 15.9. The maximum atomic E-state index is 12.2. The molecular formula is C14H18N4O4. The van der Waals surface area contributed by atoms with Crippen molar-refractivity contribution in [3.8, 4) is 0 Å². The first-order valence-electron chi connectivity index (χ1n) is 6.93. The Morgan fingerprint density at radius 3 is 2.41 bits per heavy atom. The SMILES string of the molecule is O=C(O)CNC(=O)c1cccc(C(=O)NN2CCNCC2)c1. The summed E-state index contributed by atoms with van der Waals surface area (Å²) < 4.78 is 0. The summed E-state index contributed by atoms with van der Waals surface area (Å²) in [5.41, 5.74) is 3.37. The van der Waals surface area contributed by atoms with Gasteiger partial charge in [0.2, 0.25) is 0 Å². The van der Waals surface area contributed by atoms with Crippen LogP contribution < -0.4 is 16.1 Å². The number of carbonyl (C=O) groups excluding carboxylic acids is 2. The number of hydrogen-bond donors (Lipinski definition) is 4. The van der Waals surface area contributed by atoms with Crippen LogP contribution in [0.2, 0.25) is 0 Å². The Balaban J connectivity index is 1.99. The maximum Gasteiger partial charge on any atom is 0.322 e. The van der Waals surface area contributed by atoms with E-state index in [1.807, 2.05) is 5.01 Å². The van der Waals surface area contributed by atoms with Gasteiger partial charge in [-0.05, 0) is 18.2 Å². The van der Waals surface area contributed by atoms with E-state index in [4.69, 9.17) is 5.11 Å². The topological polar surface area (TPSA) is 111 Å². The first kappa shape index (κ1) is 15.9. The quantitative estimate of drug-likeness (QED) is 0.558. The van der Waals surface area contributed by atoms with Gasteiger partial charge < -0.3 is 15.7 Å². The number of nitrogens with zero attached hydrogens (tertiary/aromatic N) is 1. The van der Waals surface area contributed by atoms with Gasteiger partial charge in [0.25, 0.3) is 11.8 Å². The van der Waals surface area contributed by atoms with E-state index in [2.05, 4.69) is 16.1 Å². The molecule has 1 aromatic carbocycles. The van der Waals surface area contributed by atoms with Gasteiger partial charge in [-0.15, -0.1) is 0 Å². The normalized spacial score (nSPS) is 15.1. The minimum absolute atomic E-state index is 0.245. The number of hydrazine groups is 1. The number of carboxylic acids is 1. The molecule has 1 heterocycles. The van der Waals surface area contributed by atoms with Crippen LogP contribution in [0.25, 0.3) is 0 Å². The molecule has 2 amide bonds. The van der Waals surface area contributed by atoms with Crippen molar-refractivity contribution in [2.24, 2.45) is 0 Å². The molecule has 1 aliphatic rings. The van der Waals surface area contributed by atoms with Crippen molar-refractivity contribution in [2.75, 3.05) is 32.7 Å². The molecule has 118 valence electrons. The molecule has 0 spiro atoms. The molecule has 4 N–H and O–H groups in total. The van der Waals surface area contributed by atoms with Crippen LogP contribution >= 0.6 is 0 Å². The molecule has 1 fully saturated rings. The lowest BCUT2D eigenvalue weighted by atomic mass is 10.1. The van der Waals surface area contributed by atoms with Crippen LogP contribution in [0.1, 0.15) is 20.7 Å². The van der Waals surface area contributed by atoms with E-state index in [1.54, 1.807) is 12.1 Å². The largest absolute Gasteiger partial charge is 0.480 e. The second-order valence-electron chi connectivity index (χ2n) is 4.84. The Morgan fingerprint density at radius 1 is 1.14 bits per heavy atom. The van der Waals surface area contributed by atoms with Crippen molar-refractivity contribution < 1.29 is 19.5 Å². The van der Waals surface area contributed by atoms with E-state index < -0.39 is 18.4 Å². The summed E-state index contributed by atoms with van der Waals surface area (Å²) in [6.07, 6.45) is 0. The van der Waals surface area contributed by atoms with Crippen molar-refractivity contribution in [1.29, 1.82) is 0 Å². The molecule has 2 rings (SSSR count). The third-order valence-corrected chi connectivity index (χ3v) is 3.16. The lowest BCUT2D eigenvalue weighted by molar-refractivity contribution is -0.135. The molecule has 0 saturated carbocycles. The predicted octanol–water partition coefficient (Wildman–Crippen LogP) is -0.949. The smallest absolute Gasteiger partial charge is 0.322 e. The molecular weight excluding hydrogens is 288 g/mol. The molecule has 1 aliphatic heterocycles. The zero-order valence-corrected chi connectivity index (χ0v) is 12.0. The van der Waals surface area contributed by atoms with Gasteiger partial charge in [-0.2, -0.15) is 0 Å². The maximum absolute atomic E-state index is 12.2. The predicted molar refractivity (Wildman–Crippen MR) is 78.3 cm³/mol. The second kappa shape index (κ2) is 7.53. The Bertz CT molecular complexity index is 570. The highest BCUT2D eigenvalue weighted by molar-refractivity contribution is 6.00. The number of benzene rings is 1. The standard InChI is InChI=1S/C14H18N4O4/c19-12(20)9-16-13(21)10-2-1-3-11(8-10)14(22)17-18-6-4-15-5-7-18/h1-3,8,15H,4-7,9H2,(H,16,21)(H,17,22)(H,19,20). The van der Waals surface area contributed by atoms with Crippen LogP contribution in [0.4, 0.5) is 0 Å². The fraction of sp³-hybridized carbons (Fsp3) is 0.357. The summed E-state index contributed by atoms with van der Waals surface area (Å²) in [6.45, 7) is 2.57. The summed E-state index contributed by atoms with van der Waals surface area (Å²) in [5, 5.41) is 15.8. The molecule has 0 aliphatic carbocycles. The van der Waals surface area contributed by atoms with Crippen LogP contribution in [-0.4, -0.2) is 60.6 Å². The molecule has 1 saturated heterocycles. The lowest BCUT2D eigenvalue weighted by Crippen LogP contribution is -2.52. The molecule has 0 radical (unpaired) electrons.